The van der Waals surface area contributed by atoms with E-state index < -0.39 is 0 Å². The molecule has 0 spiro atoms. The lowest BCUT2D eigenvalue weighted by molar-refractivity contribution is 0.0599. The first-order chi connectivity index (χ1) is 13.5. The fourth-order valence-corrected chi connectivity index (χ4v) is 3.83. The molecule has 5 nitrogen and oxygen atoms in total. The van der Waals surface area contributed by atoms with Gasteiger partial charge < -0.3 is 9.64 Å². The highest BCUT2D eigenvalue weighted by molar-refractivity contribution is 5.91. The number of carbonyl (C=O) groups excluding carboxylic acids is 1. The van der Waals surface area contributed by atoms with Crippen molar-refractivity contribution in [3.05, 3.63) is 64.2 Å². The number of aryl methyl sites for hydroxylation is 2. The van der Waals surface area contributed by atoms with Crippen molar-refractivity contribution in [2.45, 2.75) is 20.3 Å². The molecule has 0 unspecified atom stereocenters. The first-order valence-electron chi connectivity index (χ1n) is 9.68. The number of nitriles is 1. The van der Waals surface area contributed by atoms with Crippen molar-refractivity contribution in [3.8, 4) is 6.07 Å². The van der Waals surface area contributed by atoms with E-state index in [9.17, 15) is 10.1 Å². The summed E-state index contributed by atoms with van der Waals surface area (Å²) in [7, 11) is 1.42. The zero-order chi connectivity index (χ0) is 20.1. The standard InChI is InChI=1S/C23H27N3O2/c1-17-14-18(2)21(23(27)28-3)15-19(17)8-9-25-10-12-26(13-11-25)22-7-5-4-6-20(22)16-24/h4-7,14-15H,8-13H2,1-3H3. The van der Waals surface area contributed by atoms with Crippen LogP contribution in [-0.4, -0.2) is 50.7 Å². The van der Waals surface area contributed by atoms with Crippen LogP contribution in [0.25, 0.3) is 0 Å². The van der Waals surface area contributed by atoms with Crippen molar-refractivity contribution in [1.29, 1.82) is 5.26 Å². The quantitative estimate of drug-likeness (QED) is 0.748. The van der Waals surface area contributed by atoms with Crippen molar-refractivity contribution < 1.29 is 9.53 Å². The number of rotatable bonds is 5. The second-order valence-electron chi connectivity index (χ2n) is 7.29. The van der Waals surface area contributed by atoms with Crippen LogP contribution in [0.5, 0.6) is 0 Å². The number of hydrogen-bond donors (Lipinski definition) is 0. The summed E-state index contributed by atoms with van der Waals surface area (Å²) >= 11 is 0. The normalized spacial score (nSPS) is 14.6. The van der Waals surface area contributed by atoms with E-state index in [1.807, 2.05) is 37.3 Å². The maximum Gasteiger partial charge on any atom is 0.338 e. The molecule has 1 fully saturated rings. The molecule has 0 amide bonds. The molecule has 3 rings (SSSR count). The number of piperazine rings is 1. The monoisotopic (exact) mass is 377 g/mol. The maximum absolute atomic E-state index is 12.0. The molecule has 0 atom stereocenters. The summed E-state index contributed by atoms with van der Waals surface area (Å²) in [5.41, 5.74) is 5.79. The van der Waals surface area contributed by atoms with Crippen molar-refractivity contribution in [2.75, 3.05) is 44.7 Å². The smallest absolute Gasteiger partial charge is 0.338 e. The van der Waals surface area contributed by atoms with E-state index in [1.165, 1.54) is 18.2 Å². The van der Waals surface area contributed by atoms with Crippen LogP contribution in [0.2, 0.25) is 0 Å². The molecule has 0 aromatic heterocycles. The summed E-state index contributed by atoms with van der Waals surface area (Å²) in [6.07, 6.45) is 0.908. The van der Waals surface area contributed by atoms with E-state index >= 15 is 0 Å². The average Bonchev–Trinajstić information content (AvgIpc) is 2.73. The highest BCUT2D eigenvalue weighted by Gasteiger charge is 2.19. The van der Waals surface area contributed by atoms with Gasteiger partial charge in [-0.3, -0.25) is 4.90 Å². The number of methoxy groups -OCH3 is 1. The number of anilines is 1. The molecule has 1 aliphatic heterocycles. The summed E-state index contributed by atoms with van der Waals surface area (Å²) < 4.78 is 4.90. The lowest BCUT2D eigenvalue weighted by atomic mass is 9.97. The van der Waals surface area contributed by atoms with E-state index in [0.717, 1.165) is 56.0 Å². The Morgan fingerprint density at radius 1 is 1.11 bits per heavy atom. The maximum atomic E-state index is 12.0. The molecular weight excluding hydrogens is 350 g/mol. The average molecular weight is 377 g/mol. The van der Waals surface area contributed by atoms with Gasteiger partial charge in [0.05, 0.1) is 23.9 Å². The third-order valence-electron chi connectivity index (χ3n) is 5.52. The van der Waals surface area contributed by atoms with Gasteiger partial charge in [0.1, 0.15) is 6.07 Å². The van der Waals surface area contributed by atoms with Crippen LogP contribution in [-0.2, 0) is 11.2 Å². The largest absolute Gasteiger partial charge is 0.465 e. The van der Waals surface area contributed by atoms with E-state index in [4.69, 9.17) is 4.74 Å². The van der Waals surface area contributed by atoms with Gasteiger partial charge in [-0.1, -0.05) is 18.2 Å². The lowest BCUT2D eigenvalue weighted by Gasteiger charge is -2.36. The van der Waals surface area contributed by atoms with Gasteiger partial charge in [-0.15, -0.1) is 0 Å². The number of para-hydroxylation sites is 1. The highest BCUT2D eigenvalue weighted by atomic mass is 16.5. The van der Waals surface area contributed by atoms with Crippen molar-refractivity contribution >= 4 is 11.7 Å². The minimum Gasteiger partial charge on any atom is -0.465 e. The summed E-state index contributed by atoms with van der Waals surface area (Å²) in [6, 6.07) is 14.1. The number of ether oxygens (including phenoxy) is 1. The zero-order valence-corrected chi connectivity index (χ0v) is 16.9. The Balaban J connectivity index is 1.60. The number of benzene rings is 2. The van der Waals surface area contributed by atoms with Gasteiger partial charge in [-0.2, -0.15) is 5.26 Å². The van der Waals surface area contributed by atoms with E-state index in [2.05, 4.69) is 28.9 Å². The minimum absolute atomic E-state index is 0.275. The minimum atomic E-state index is -0.275. The Labute approximate surface area is 167 Å². The van der Waals surface area contributed by atoms with Gasteiger partial charge in [-0.05, 0) is 55.2 Å². The molecule has 0 saturated carbocycles. The van der Waals surface area contributed by atoms with E-state index in [-0.39, 0.29) is 5.97 Å². The molecule has 1 aliphatic rings. The summed E-state index contributed by atoms with van der Waals surface area (Å²) in [6.45, 7) is 8.76. The Kier molecular flexibility index (Phi) is 6.33. The molecule has 1 heterocycles. The van der Waals surface area contributed by atoms with Crippen molar-refractivity contribution in [3.63, 3.8) is 0 Å². The molecule has 146 valence electrons. The van der Waals surface area contributed by atoms with Crippen molar-refractivity contribution in [2.24, 2.45) is 0 Å². The predicted octanol–water partition coefficient (Wildman–Crippen LogP) is 3.33. The molecule has 0 N–H and O–H groups in total. The molecule has 0 radical (unpaired) electrons. The SMILES string of the molecule is COC(=O)c1cc(CCN2CCN(c3ccccc3C#N)CC2)c(C)cc1C. The van der Waals surface area contributed by atoms with Gasteiger partial charge in [0, 0.05) is 32.7 Å². The second-order valence-corrected chi connectivity index (χ2v) is 7.29. The van der Waals surface area contributed by atoms with Gasteiger partial charge in [0.2, 0.25) is 0 Å². The van der Waals surface area contributed by atoms with Crippen LogP contribution in [0, 0.1) is 25.2 Å². The Morgan fingerprint density at radius 3 is 2.50 bits per heavy atom. The summed E-state index contributed by atoms with van der Waals surface area (Å²) in [4.78, 5) is 16.7. The third kappa shape index (κ3) is 4.35. The molecule has 2 aromatic carbocycles. The first kappa shape index (κ1) is 19.9. The third-order valence-corrected chi connectivity index (χ3v) is 5.52. The Hall–Kier alpha value is -2.84. The topological polar surface area (TPSA) is 56.6 Å². The Morgan fingerprint density at radius 2 is 1.82 bits per heavy atom. The highest BCUT2D eigenvalue weighted by Crippen LogP contribution is 2.22. The van der Waals surface area contributed by atoms with Crippen LogP contribution in [0.15, 0.2) is 36.4 Å². The van der Waals surface area contributed by atoms with Gasteiger partial charge in [-0.25, -0.2) is 4.79 Å². The molecule has 2 aromatic rings. The molecule has 1 saturated heterocycles. The number of carbonyl (C=O) groups is 1. The van der Waals surface area contributed by atoms with Gasteiger partial charge in [0.15, 0.2) is 0 Å². The van der Waals surface area contributed by atoms with E-state index in [0.29, 0.717) is 5.56 Å². The number of hydrogen-bond acceptors (Lipinski definition) is 5. The molecule has 5 heteroatoms. The molecular formula is C23H27N3O2. The summed E-state index contributed by atoms with van der Waals surface area (Å²) in [5.74, 6) is -0.275. The van der Waals surface area contributed by atoms with E-state index in [1.54, 1.807) is 0 Å². The van der Waals surface area contributed by atoms with Crippen LogP contribution in [0.3, 0.4) is 0 Å². The van der Waals surface area contributed by atoms with Crippen LogP contribution < -0.4 is 4.90 Å². The lowest BCUT2D eigenvalue weighted by Crippen LogP contribution is -2.47. The zero-order valence-electron chi connectivity index (χ0n) is 16.9. The fraction of sp³-hybridized carbons (Fsp3) is 0.391. The van der Waals surface area contributed by atoms with Crippen LogP contribution in [0.4, 0.5) is 5.69 Å². The molecule has 0 bridgehead atoms. The van der Waals surface area contributed by atoms with Gasteiger partial charge >= 0.3 is 5.97 Å². The number of nitrogens with zero attached hydrogens (tertiary/aromatic N) is 3. The molecule has 28 heavy (non-hydrogen) atoms. The van der Waals surface area contributed by atoms with Crippen molar-refractivity contribution in [1.82, 2.24) is 4.90 Å². The second kappa shape index (κ2) is 8.90. The number of esters is 1. The van der Waals surface area contributed by atoms with Gasteiger partial charge in [0.25, 0.3) is 0 Å². The predicted molar refractivity (Wildman–Crippen MR) is 111 cm³/mol. The Bertz CT molecular complexity index is 893. The fourth-order valence-electron chi connectivity index (χ4n) is 3.83. The first-order valence-corrected chi connectivity index (χ1v) is 9.68. The van der Waals surface area contributed by atoms with Crippen LogP contribution in [0.1, 0.15) is 32.6 Å². The van der Waals surface area contributed by atoms with Crippen LogP contribution >= 0.6 is 0 Å². The molecule has 0 aliphatic carbocycles. The summed E-state index contributed by atoms with van der Waals surface area (Å²) in [5, 5.41) is 9.32.